The van der Waals surface area contributed by atoms with E-state index in [1.54, 1.807) is 6.07 Å². The highest BCUT2D eigenvalue weighted by atomic mass is 32.2. The molecule has 0 aromatic carbocycles. The highest BCUT2D eigenvalue weighted by Gasteiger charge is 2.54. The van der Waals surface area contributed by atoms with Crippen LogP contribution in [0.2, 0.25) is 0 Å². The van der Waals surface area contributed by atoms with Crippen LogP contribution in [0.3, 0.4) is 0 Å². The molecule has 2 atom stereocenters. The second-order valence-electron chi connectivity index (χ2n) is 10.1. The highest BCUT2D eigenvalue weighted by Crippen LogP contribution is 2.41. The molecule has 0 radical (unpaired) electrons. The number of fused-ring (bicyclic) bond motifs is 2. The lowest BCUT2D eigenvalue weighted by Crippen LogP contribution is -2.71. The fraction of sp³-hybridized carbons (Fsp3) is 0.360. The predicted octanol–water partition coefficient (Wildman–Crippen LogP) is 0.377. The predicted molar refractivity (Wildman–Crippen MR) is 162 cm³/mol. The van der Waals surface area contributed by atoms with Crippen molar-refractivity contribution in [3.8, 4) is 0 Å². The lowest BCUT2D eigenvalue weighted by molar-refractivity contribution is -0.667. The number of hydrogen-bond donors (Lipinski definition) is 5. The van der Waals surface area contributed by atoms with Gasteiger partial charge in [-0.3, -0.25) is 14.5 Å². The molecule has 5 rings (SSSR count). The first kappa shape index (κ1) is 31.1. The number of amides is 2. The van der Waals surface area contributed by atoms with Crippen molar-refractivity contribution in [3.63, 3.8) is 0 Å². The average Bonchev–Trinajstić information content (AvgIpc) is 3.59. The van der Waals surface area contributed by atoms with E-state index in [0.717, 1.165) is 28.4 Å². The van der Waals surface area contributed by atoms with Crippen LogP contribution in [-0.2, 0) is 30.6 Å². The first-order chi connectivity index (χ1) is 20.8. The third kappa shape index (κ3) is 5.76. The number of carboxylic acids is 2. The molecule has 0 saturated carbocycles. The van der Waals surface area contributed by atoms with Gasteiger partial charge in [0.25, 0.3) is 22.6 Å². The van der Waals surface area contributed by atoms with E-state index in [-0.39, 0.29) is 32.9 Å². The Balaban J connectivity index is 1.35. The minimum Gasteiger partial charge on any atom is -0.478 e. The summed E-state index contributed by atoms with van der Waals surface area (Å²) in [7, 11) is 0. The number of anilines is 2. The van der Waals surface area contributed by atoms with E-state index >= 15 is 0 Å². The van der Waals surface area contributed by atoms with Crippen molar-refractivity contribution in [2.45, 2.75) is 49.5 Å². The smallest absolute Gasteiger partial charge is 0.352 e. The number of nitrogens with two attached hydrogens (primary N) is 2. The van der Waals surface area contributed by atoms with Gasteiger partial charge in [0.1, 0.15) is 35.3 Å². The summed E-state index contributed by atoms with van der Waals surface area (Å²) < 4.78 is 3.86. The number of nitrogens with one attached hydrogen (secondary N) is 1. The Morgan fingerprint density at radius 3 is 2.70 bits per heavy atom. The van der Waals surface area contributed by atoms with Gasteiger partial charge >= 0.3 is 11.9 Å². The van der Waals surface area contributed by atoms with Gasteiger partial charge in [0.2, 0.25) is 5.60 Å². The molecule has 19 heteroatoms. The highest BCUT2D eigenvalue weighted by molar-refractivity contribution is 8.01. The summed E-state index contributed by atoms with van der Waals surface area (Å²) in [5.41, 5.74) is 10.8. The Bertz CT molecular complexity index is 1750. The van der Waals surface area contributed by atoms with Gasteiger partial charge in [-0.15, -0.1) is 11.8 Å². The third-order valence-corrected chi connectivity index (χ3v) is 9.96. The number of thioether (sulfide) groups is 2. The van der Waals surface area contributed by atoms with Gasteiger partial charge in [-0.2, -0.15) is 9.38 Å². The van der Waals surface area contributed by atoms with Crippen molar-refractivity contribution in [1.82, 2.24) is 24.6 Å². The zero-order valence-electron chi connectivity index (χ0n) is 23.6. The molecule has 2 aliphatic heterocycles. The number of β-lactam (4-membered cyclic amide) rings is 1. The Kier molecular flexibility index (Phi) is 8.45. The molecule has 16 nitrogen and oxygen atoms in total. The van der Waals surface area contributed by atoms with Crippen LogP contribution in [0.4, 0.5) is 10.9 Å². The molecular weight excluding hydrogens is 635 g/mol. The number of carbonyl (C=O) groups is 4. The number of aromatic nitrogens is 4. The number of carbonyl (C=O) groups excluding carboxylic acids is 2. The molecule has 5 heterocycles. The lowest BCUT2D eigenvalue weighted by atomic mass is 10.0. The summed E-state index contributed by atoms with van der Waals surface area (Å²) >= 11 is 3.51. The Hall–Kier alpha value is -4.36. The molecule has 2 aliphatic rings. The molecule has 3 aromatic heterocycles. The molecular formula is C25H28N9O7S3+. The van der Waals surface area contributed by atoms with Crippen molar-refractivity contribution < 1.29 is 38.8 Å². The van der Waals surface area contributed by atoms with Gasteiger partial charge in [-0.05, 0) is 26.3 Å². The standard InChI is InChI=1S/C25H27N9O7S3/c1-4-32-5-6-33-14(32)7-13(26)29-24(33)43-10-11-9-42-20-16(19(36)34(20)17(11)21(37)38)30-18(35)15(12-8-28-23(27)44-12)31-41-25(2,3)22(39)40/h5-8,16,20,26H,4,9-10H2,1-3H3,(H5,27,28,30,31,35,37,38,39,40)/p+1. The summed E-state index contributed by atoms with van der Waals surface area (Å²) in [5.74, 6) is -3.21. The van der Waals surface area contributed by atoms with Gasteiger partial charge in [-0.25, -0.2) is 19.1 Å². The second-order valence-corrected chi connectivity index (χ2v) is 13.2. The molecule has 0 bridgehead atoms. The zero-order valence-corrected chi connectivity index (χ0v) is 26.0. The second kappa shape index (κ2) is 12.0. The first-order valence-electron chi connectivity index (χ1n) is 13.0. The summed E-state index contributed by atoms with van der Waals surface area (Å²) in [4.78, 5) is 65.2. The molecule has 1 fully saturated rings. The molecule has 7 N–H and O–H groups in total. The van der Waals surface area contributed by atoms with Crippen LogP contribution in [0, 0.1) is 0 Å². The number of oxime groups is 1. The van der Waals surface area contributed by atoms with E-state index in [2.05, 4.69) is 20.4 Å². The maximum absolute atomic E-state index is 13.3. The molecule has 2 unspecified atom stereocenters. The molecule has 1 saturated heterocycles. The van der Waals surface area contributed by atoms with Gasteiger partial charge in [-0.1, -0.05) is 28.3 Å². The maximum Gasteiger partial charge on any atom is 0.352 e. The van der Waals surface area contributed by atoms with Crippen molar-refractivity contribution in [2.24, 2.45) is 5.16 Å². The number of hydrogen-bond acceptors (Lipinski definition) is 13. The number of aliphatic carboxylic acids is 2. The van der Waals surface area contributed by atoms with Crippen molar-refractivity contribution in [1.29, 1.82) is 0 Å². The molecule has 44 heavy (non-hydrogen) atoms. The summed E-state index contributed by atoms with van der Waals surface area (Å²) in [6.07, 6.45) is 5.02. The van der Waals surface area contributed by atoms with Crippen LogP contribution >= 0.6 is 34.9 Å². The van der Waals surface area contributed by atoms with Crippen LogP contribution in [0.15, 0.2) is 46.2 Å². The molecule has 0 spiro atoms. The van der Waals surface area contributed by atoms with E-state index in [9.17, 15) is 29.4 Å². The number of aryl methyl sites for hydroxylation is 1. The van der Waals surface area contributed by atoms with Crippen molar-refractivity contribution in [2.75, 3.05) is 23.0 Å². The maximum atomic E-state index is 13.3. The SMILES string of the molecule is CC[n+]1ccn2c(SCC3=C(C(=O)O)N4C(=O)C(NC(=O)/C(=N\OC(C)(C)C(=O)O)c5cnc(N)s5)C4SC3)nc(N)cc21. The van der Waals surface area contributed by atoms with Gasteiger partial charge in [0, 0.05) is 17.7 Å². The molecule has 2 amide bonds. The molecule has 3 aromatic rings. The first-order valence-corrected chi connectivity index (χ1v) is 15.9. The number of rotatable bonds is 11. The summed E-state index contributed by atoms with van der Waals surface area (Å²) in [6, 6.07) is 0.682. The third-order valence-electron chi connectivity index (χ3n) is 6.75. The minimum absolute atomic E-state index is 0.129. The largest absolute Gasteiger partial charge is 0.478 e. The monoisotopic (exact) mass is 662 g/mol. The number of nitrogen functional groups attached to an aromatic ring is 2. The van der Waals surface area contributed by atoms with Crippen molar-refractivity contribution in [3.05, 3.63) is 40.8 Å². The number of nitrogens with zero attached hydrogens (tertiary/aromatic N) is 6. The van der Waals surface area contributed by atoms with Crippen LogP contribution in [-0.4, -0.2) is 87.5 Å². The summed E-state index contributed by atoms with van der Waals surface area (Å²) in [5, 5.41) is 25.8. The fourth-order valence-corrected chi connectivity index (χ4v) is 7.54. The van der Waals surface area contributed by atoms with Crippen LogP contribution in [0.5, 0.6) is 0 Å². The van der Waals surface area contributed by atoms with E-state index in [1.807, 2.05) is 28.3 Å². The summed E-state index contributed by atoms with van der Waals surface area (Å²) in [6.45, 7) is 5.23. The fourth-order valence-electron chi connectivity index (χ4n) is 4.40. The van der Waals surface area contributed by atoms with Crippen molar-refractivity contribution >= 4 is 80.9 Å². The number of imidazole rings is 1. The van der Waals surface area contributed by atoms with E-state index in [0.29, 0.717) is 16.5 Å². The van der Waals surface area contributed by atoms with Gasteiger partial charge in [0.05, 0.1) is 17.5 Å². The average molecular weight is 663 g/mol. The van der Waals surface area contributed by atoms with E-state index < -0.39 is 40.8 Å². The van der Waals surface area contributed by atoms with Gasteiger partial charge in [0.15, 0.2) is 10.8 Å². The van der Waals surface area contributed by atoms with Crippen LogP contribution in [0.1, 0.15) is 25.6 Å². The number of carboxylic acid groups (broad SMARTS) is 2. The zero-order chi connectivity index (χ0) is 31.9. The van der Waals surface area contributed by atoms with E-state index in [1.165, 1.54) is 43.6 Å². The normalized spacial score (nSPS) is 18.7. The molecule has 0 aliphatic carbocycles. The van der Waals surface area contributed by atoms with Crippen LogP contribution in [0.25, 0.3) is 5.65 Å². The number of thiazole rings is 1. The molecule has 232 valence electrons. The Morgan fingerprint density at radius 1 is 1.32 bits per heavy atom. The van der Waals surface area contributed by atoms with Crippen LogP contribution < -0.4 is 21.4 Å². The quantitative estimate of drug-likeness (QED) is 0.0467. The Morgan fingerprint density at radius 2 is 2.07 bits per heavy atom. The lowest BCUT2D eigenvalue weighted by Gasteiger charge is -2.49. The van der Waals surface area contributed by atoms with Gasteiger partial charge < -0.3 is 31.8 Å². The minimum atomic E-state index is -1.76. The topological polar surface area (TPSA) is 232 Å². The Labute approximate surface area is 262 Å². The van der Waals surface area contributed by atoms with E-state index in [4.69, 9.17) is 16.3 Å².